The molecule has 2 aromatic carbocycles. The Balaban J connectivity index is 1.41. The molecule has 1 amide bonds. The summed E-state index contributed by atoms with van der Waals surface area (Å²) >= 11 is 0. The highest BCUT2D eigenvalue weighted by atomic mass is 16.2. The van der Waals surface area contributed by atoms with Gasteiger partial charge >= 0.3 is 0 Å². The van der Waals surface area contributed by atoms with E-state index in [1.807, 2.05) is 0 Å². The van der Waals surface area contributed by atoms with Gasteiger partial charge in [-0.3, -0.25) is 9.69 Å². The minimum absolute atomic E-state index is 0.334. The van der Waals surface area contributed by atoms with Crippen LogP contribution in [0, 0.1) is 0 Å². The van der Waals surface area contributed by atoms with Gasteiger partial charge < -0.3 is 4.90 Å². The van der Waals surface area contributed by atoms with Gasteiger partial charge in [-0.2, -0.15) is 0 Å². The molecular formula is C24H32N2O. The molecule has 0 aromatic heterocycles. The van der Waals surface area contributed by atoms with Gasteiger partial charge in [0.25, 0.3) is 0 Å². The largest absolute Gasteiger partial charge is 0.341 e. The van der Waals surface area contributed by atoms with Crippen molar-refractivity contribution in [2.75, 3.05) is 20.1 Å². The van der Waals surface area contributed by atoms with Gasteiger partial charge in [0.15, 0.2) is 0 Å². The van der Waals surface area contributed by atoms with Crippen LogP contribution in [-0.2, 0) is 17.8 Å². The van der Waals surface area contributed by atoms with Crippen LogP contribution in [0.4, 0.5) is 0 Å². The van der Waals surface area contributed by atoms with Gasteiger partial charge in [0.2, 0.25) is 5.91 Å². The first-order valence-corrected chi connectivity index (χ1v) is 10.3. The molecule has 1 heterocycles. The fourth-order valence-electron chi connectivity index (χ4n) is 3.95. The van der Waals surface area contributed by atoms with Gasteiger partial charge in [0, 0.05) is 32.1 Å². The normalized spacial score (nSPS) is 17.3. The van der Waals surface area contributed by atoms with Crippen LogP contribution in [0.5, 0.6) is 0 Å². The lowest BCUT2D eigenvalue weighted by atomic mass is 10.0. The summed E-state index contributed by atoms with van der Waals surface area (Å²) in [6, 6.07) is 21.6. The van der Waals surface area contributed by atoms with E-state index in [2.05, 4.69) is 77.5 Å². The number of piperidine rings is 1. The number of hydrogen-bond acceptors (Lipinski definition) is 2. The maximum absolute atomic E-state index is 12.6. The van der Waals surface area contributed by atoms with Crippen molar-refractivity contribution >= 4 is 5.91 Å². The number of carbonyl (C=O) groups excluding carboxylic acids is 1. The Labute approximate surface area is 164 Å². The van der Waals surface area contributed by atoms with Crippen LogP contribution in [0.2, 0.25) is 0 Å². The van der Waals surface area contributed by atoms with Crippen LogP contribution in [0.3, 0.4) is 0 Å². The van der Waals surface area contributed by atoms with E-state index in [1.165, 1.54) is 17.5 Å². The van der Waals surface area contributed by atoms with Crippen molar-refractivity contribution in [3.8, 4) is 0 Å². The van der Waals surface area contributed by atoms with Crippen molar-refractivity contribution in [1.29, 1.82) is 0 Å². The minimum Gasteiger partial charge on any atom is -0.341 e. The average Bonchev–Trinajstić information content (AvgIpc) is 2.72. The van der Waals surface area contributed by atoms with E-state index >= 15 is 0 Å². The van der Waals surface area contributed by atoms with E-state index in [0.717, 1.165) is 45.3 Å². The molecule has 3 nitrogen and oxygen atoms in total. The van der Waals surface area contributed by atoms with Gasteiger partial charge in [0.1, 0.15) is 0 Å². The first kappa shape index (κ1) is 19.6. The van der Waals surface area contributed by atoms with E-state index in [1.54, 1.807) is 0 Å². The molecule has 0 radical (unpaired) electrons. The van der Waals surface area contributed by atoms with Crippen LogP contribution in [0.25, 0.3) is 0 Å². The number of hydrogen-bond donors (Lipinski definition) is 0. The van der Waals surface area contributed by atoms with Gasteiger partial charge in [-0.25, -0.2) is 0 Å². The van der Waals surface area contributed by atoms with E-state index in [9.17, 15) is 4.79 Å². The number of unbranched alkanes of at least 4 members (excludes halogenated alkanes) is 1. The zero-order chi connectivity index (χ0) is 18.9. The third kappa shape index (κ3) is 6.21. The maximum Gasteiger partial charge on any atom is 0.222 e. The van der Waals surface area contributed by atoms with E-state index in [-0.39, 0.29) is 0 Å². The van der Waals surface area contributed by atoms with Crippen LogP contribution in [0.15, 0.2) is 60.7 Å². The zero-order valence-electron chi connectivity index (χ0n) is 16.5. The molecule has 27 heavy (non-hydrogen) atoms. The molecule has 1 fully saturated rings. The fourth-order valence-corrected chi connectivity index (χ4v) is 3.95. The predicted molar refractivity (Wildman–Crippen MR) is 112 cm³/mol. The Morgan fingerprint density at radius 2 is 1.67 bits per heavy atom. The molecule has 144 valence electrons. The lowest BCUT2D eigenvalue weighted by Gasteiger charge is -2.38. The number of amides is 1. The van der Waals surface area contributed by atoms with Crippen molar-refractivity contribution in [2.45, 2.75) is 51.1 Å². The van der Waals surface area contributed by atoms with Crippen molar-refractivity contribution in [3.05, 3.63) is 71.8 Å². The predicted octanol–water partition coefficient (Wildman–Crippen LogP) is 4.52. The van der Waals surface area contributed by atoms with Gasteiger partial charge in [-0.15, -0.1) is 0 Å². The summed E-state index contributed by atoms with van der Waals surface area (Å²) in [5.74, 6) is 0.334. The molecule has 2 aromatic rings. The van der Waals surface area contributed by atoms with Crippen molar-refractivity contribution < 1.29 is 4.79 Å². The lowest BCUT2D eigenvalue weighted by Crippen LogP contribution is -2.48. The number of benzene rings is 2. The number of likely N-dealkylation sites (tertiary alicyclic amines) is 1. The fraction of sp³-hybridized carbons (Fsp3) is 0.458. The molecule has 0 saturated carbocycles. The standard InChI is InChI=1S/C24H32N2O/c1-25(19-22-14-6-3-7-15-22)23-16-10-18-26(20-23)24(27)17-9-8-13-21-11-4-2-5-12-21/h2-7,11-12,14-15,23H,8-10,13,16-20H2,1H3/t23-/m0/s1. The van der Waals surface area contributed by atoms with Crippen LogP contribution in [0.1, 0.15) is 43.2 Å². The molecule has 1 saturated heterocycles. The second kappa shape index (κ2) is 10.3. The number of rotatable bonds is 8. The average molecular weight is 365 g/mol. The molecule has 0 bridgehead atoms. The monoisotopic (exact) mass is 364 g/mol. The summed E-state index contributed by atoms with van der Waals surface area (Å²) in [5.41, 5.74) is 2.70. The zero-order valence-corrected chi connectivity index (χ0v) is 16.5. The summed E-state index contributed by atoms with van der Waals surface area (Å²) in [7, 11) is 2.19. The molecule has 1 atom stereocenters. The molecule has 3 heteroatoms. The first-order valence-electron chi connectivity index (χ1n) is 10.3. The molecule has 0 unspecified atom stereocenters. The van der Waals surface area contributed by atoms with Crippen LogP contribution >= 0.6 is 0 Å². The maximum atomic E-state index is 12.6. The van der Waals surface area contributed by atoms with E-state index in [0.29, 0.717) is 18.4 Å². The second-order valence-corrected chi connectivity index (χ2v) is 7.73. The third-order valence-corrected chi connectivity index (χ3v) is 5.60. The summed E-state index contributed by atoms with van der Waals surface area (Å²) in [6.07, 6.45) is 6.11. The van der Waals surface area contributed by atoms with Crippen LogP contribution in [-0.4, -0.2) is 41.9 Å². The quantitative estimate of drug-likeness (QED) is 0.643. The molecule has 0 N–H and O–H groups in total. The molecule has 1 aliphatic heterocycles. The van der Waals surface area contributed by atoms with Crippen molar-refractivity contribution in [1.82, 2.24) is 9.80 Å². The molecule has 1 aliphatic rings. The Hall–Kier alpha value is -2.13. The highest BCUT2D eigenvalue weighted by Gasteiger charge is 2.25. The van der Waals surface area contributed by atoms with Crippen molar-refractivity contribution in [2.24, 2.45) is 0 Å². The summed E-state index contributed by atoms with van der Waals surface area (Å²) in [6.45, 7) is 2.75. The Morgan fingerprint density at radius 1 is 1.00 bits per heavy atom. The number of carbonyl (C=O) groups is 1. The third-order valence-electron chi connectivity index (χ3n) is 5.60. The first-order chi connectivity index (χ1) is 13.2. The SMILES string of the molecule is CN(Cc1ccccc1)[C@H]1CCCN(C(=O)CCCCc2ccccc2)C1. The summed E-state index contributed by atoms with van der Waals surface area (Å²) in [4.78, 5) is 17.1. The van der Waals surface area contributed by atoms with Gasteiger partial charge in [-0.1, -0.05) is 60.7 Å². The topological polar surface area (TPSA) is 23.6 Å². The smallest absolute Gasteiger partial charge is 0.222 e. The van der Waals surface area contributed by atoms with Crippen LogP contribution < -0.4 is 0 Å². The van der Waals surface area contributed by atoms with E-state index < -0.39 is 0 Å². The second-order valence-electron chi connectivity index (χ2n) is 7.73. The Bertz CT molecular complexity index is 686. The Kier molecular flexibility index (Phi) is 7.46. The number of nitrogens with zero attached hydrogens (tertiary/aromatic N) is 2. The van der Waals surface area contributed by atoms with Gasteiger partial charge in [0.05, 0.1) is 0 Å². The van der Waals surface area contributed by atoms with E-state index in [4.69, 9.17) is 0 Å². The molecule has 0 spiro atoms. The molecule has 0 aliphatic carbocycles. The molecular weight excluding hydrogens is 332 g/mol. The summed E-state index contributed by atoms with van der Waals surface area (Å²) < 4.78 is 0. The number of likely N-dealkylation sites (N-methyl/N-ethyl adjacent to an activating group) is 1. The number of aryl methyl sites for hydroxylation is 1. The molecule has 3 rings (SSSR count). The Morgan fingerprint density at radius 3 is 2.37 bits per heavy atom. The minimum atomic E-state index is 0.334. The van der Waals surface area contributed by atoms with Crippen molar-refractivity contribution in [3.63, 3.8) is 0 Å². The highest BCUT2D eigenvalue weighted by Crippen LogP contribution is 2.18. The van der Waals surface area contributed by atoms with Gasteiger partial charge in [-0.05, 0) is 50.3 Å². The lowest BCUT2D eigenvalue weighted by molar-refractivity contribution is -0.133. The summed E-state index contributed by atoms with van der Waals surface area (Å²) in [5, 5.41) is 0. The highest BCUT2D eigenvalue weighted by molar-refractivity contribution is 5.76.